The average molecular weight is 233 g/mol. The molecule has 0 aliphatic carbocycles. The minimum absolute atomic E-state index is 0.0241. The largest absolute Gasteiger partial charge is 0.295 e. The zero-order valence-corrected chi connectivity index (χ0v) is 9.16. The van der Waals surface area contributed by atoms with Crippen LogP contribution in [0.25, 0.3) is 0 Å². The van der Waals surface area contributed by atoms with E-state index in [0.29, 0.717) is 5.69 Å². The van der Waals surface area contributed by atoms with E-state index in [1.54, 1.807) is 12.1 Å². The molecular formula is C11H11N3O3. The third-order valence-electron chi connectivity index (χ3n) is 1.76. The zero-order chi connectivity index (χ0) is 12.7. The standard InChI is InChI=1S/C11H11N3O3/c1-9(15)3-2-8-12-13-10-4-6-11(7-5-10)14(16)17/h2-8,13H,1H3/b3-2+,12-8+. The SMILES string of the molecule is CC(=O)/C=C/C=N/Nc1ccc([N+](=O)[O-])cc1. The summed E-state index contributed by atoms with van der Waals surface area (Å²) in [5, 5.41) is 14.2. The maximum Gasteiger partial charge on any atom is 0.269 e. The molecule has 0 spiro atoms. The number of hydrogen-bond acceptors (Lipinski definition) is 5. The third kappa shape index (κ3) is 4.70. The number of hydrazone groups is 1. The number of benzene rings is 1. The fourth-order valence-corrected chi connectivity index (χ4v) is 0.991. The Labute approximate surface area is 97.8 Å². The molecule has 1 N–H and O–H groups in total. The van der Waals surface area contributed by atoms with Crippen LogP contribution >= 0.6 is 0 Å². The second-order valence-corrected chi connectivity index (χ2v) is 3.16. The maximum absolute atomic E-state index is 10.5. The first-order valence-electron chi connectivity index (χ1n) is 4.80. The number of non-ortho nitro benzene ring substituents is 1. The summed E-state index contributed by atoms with van der Waals surface area (Å²) in [6.45, 7) is 1.44. The predicted octanol–water partition coefficient (Wildman–Crippen LogP) is 2.14. The Bertz CT molecular complexity index is 463. The summed E-state index contributed by atoms with van der Waals surface area (Å²) in [4.78, 5) is 20.5. The maximum atomic E-state index is 10.5. The van der Waals surface area contributed by atoms with Gasteiger partial charge in [-0.3, -0.25) is 20.3 Å². The molecule has 0 heterocycles. The van der Waals surface area contributed by atoms with Gasteiger partial charge >= 0.3 is 0 Å². The van der Waals surface area contributed by atoms with Gasteiger partial charge in [0, 0.05) is 18.3 Å². The summed E-state index contributed by atoms with van der Waals surface area (Å²) >= 11 is 0. The second-order valence-electron chi connectivity index (χ2n) is 3.16. The highest BCUT2D eigenvalue weighted by Crippen LogP contribution is 2.14. The van der Waals surface area contributed by atoms with Crippen molar-refractivity contribution in [3.63, 3.8) is 0 Å². The molecule has 0 amide bonds. The molecule has 0 saturated carbocycles. The number of hydrogen-bond donors (Lipinski definition) is 1. The molecule has 0 aromatic heterocycles. The number of nitro benzene ring substituents is 1. The molecule has 0 aliphatic rings. The number of carbonyl (C=O) groups excluding carboxylic acids is 1. The lowest BCUT2D eigenvalue weighted by atomic mass is 10.3. The number of nitrogens with one attached hydrogen (secondary N) is 1. The molecule has 0 atom stereocenters. The molecule has 0 fully saturated rings. The number of nitrogens with zero attached hydrogens (tertiary/aromatic N) is 2. The van der Waals surface area contributed by atoms with Crippen LogP contribution in [0.15, 0.2) is 41.5 Å². The zero-order valence-electron chi connectivity index (χ0n) is 9.16. The van der Waals surface area contributed by atoms with Gasteiger partial charge in [-0.05, 0) is 31.2 Å². The van der Waals surface area contributed by atoms with Crippen LogP contribution in [-0.4, -0.2) is 16.9 Å². The highest BCUT2D eigenvalue weighted by atomic mass is 16.6. The monoisotopic (exact) mass is 233 g/mol. The quantitative estimate of drug-likeness (QED) is 0.365. The Morgan fingerprint density at radius 2 is 2.06 bits per heavy atom. The van der Waals surface area contributed by atoms with Gasteiger partial charge in [0.2, 0.25) is 0 Å². The van der Waals surface area contributed by atoms with E-state index in [2.05, 4.69) is 10.5 Å². The van der Waals surface area contributed by atoms with Gasteiger partial charge in [0.05, 0.1) is 10.6 Å². The van der Waals surface area contributed by atoms with Gasteiger partial charge in [0.25, 0.3) is 5.69 Å². The van der Waals surface area contributed by atoms with E-state index in [1.165, 1.54) is 37.4 Å². The summed E-state index contributed by atoms with van der Waals surface area (Å²) in [5.74, 6) is -0.0632. The fourth-order valence-electron chi connectivity index (χ4n) is 0.991. The van der Waals surface area contributed by atoms with Crippen LogP contribution in [0, 0.1) is 10.1 Å². The van der Waals surface area contributed by atoms with E-state index in [4.69, 9.17) is 0 Å². The van der Waals surface area contributed by atoms with Crippen LogP contribution in [0.5, 0.6) is 0 Å². The Morgan fingerprint density at radius 1 is 1.41 bits per heavy atom. The molecule has 0 bridgehead atoms. The normalized spacial score (nSPS) is 10.9. The molecule has 6 heteroatoms. The minimum atomic E-state index is -0.470. The van der Waals surface area contributed by atoms with Crippen molar-refractivity contribution in [1.82, 2.24) is 0 Å². The van der Waals surface area contributed by atoms with Crippen molar-refractivity contribution in [1.29, 1.82) is 0 Å². The van der Waals surface area contributed by atoms with Crippen LogP contribution in [0.3, 0.4) is 0 Å². The number of anilines is 1. The van der Waals surface area contributed by atoms with E-state index in [-0.39, 0.29) is 11.5 Å². The second kappa shape index (κ2) is 6.16. The number of rotatable bonds is 5. The van der Waals surface area contributed by atoms with Crippen LogP contribution in [-0.2, 0) is 4.79 Å². The van der Waals surface area contributed by atoms with Crippen molar-refractivity contribution in [2.45, 2.75) is 6.92 Å². The van der Waals surface area contributed by atoms with Crippen molar-refractivity contribution in [2.24, 2.45) is 5.10 Å². The van der Waals surface area contributed by atoms with Crippen molar-refractivity contribution in [2.75, 3.05) is 5.43 Å². The van der Waals surface area contributed by atoms with Gasteiger partial charge in [-0.2, -0.15) is 5.10 Å². The predicted molar refractivity (Wildman–Crippen MR) is 65.0 cm³/mol. The average Bonchev–Trinajstić information content (AvgIpc) is 2.29. The molecular weight excluding hydrogens is 222 g/mol. The smallest absolute Gasteiger partial charge is 0.269 e. The molecule has 6 nitrogen and oxygen atoms in total. The highest BCUT2D eigenvalue weighted by Gasteiger charge is 2.02. The molecule has 0 unspecified atom stereocenters. The fraction of sp³-hybridized carbons (Fsp3) is 0.0909. The molecule has 0 radical (unpaired) electrons. The van der Waals surface area contributed by atoms with E-state index in [9.17, 15) is 14.9 Å². The van der Waals surface area contributed by atoms with Crippen LogP contribution < -0.4 is 5.43 Å². The van der Waals surface area contributed by atoms with Crippen LogP contribution in [0.1, 0.15) is 6.92 Å². The van der Waals surface area contributed by atoms with Gasteiger partial charge in [-0.15, -0.1) is 0 Å². The first kappa shape index (κ1) is 12.6. The highest BCUT2D eigenvalue weighted by molar-refractivity contribution is 5.91. The van der Waals surface area contributed by atoms with Crippen molar-refractivity contribution >= 4 is 23.4 Å². The van der Waals surface area contributed by atoms with Crippen molar-refractivity contribution in [3.05, 3.63) is 46.5 Å². The topological polar surface area (TPSA) is 84.6 Å². The lowest BCUT2D eigenvalue weighted by Crippen LogP contribution is -1.90. The molecule has 1 aromatic rings. The molecule has 1 aromatic carbocycles. The van der Waals surface area contributed by atoms with Crippen molar-refractivity contribution < 1.29 is 9.72 Å². The Balaban J connectivity index is 2.53. The van der Waals surface area contributed by atoms with Gasteiger partial charge in [0.15, 0.2) is 5.78 Å². The van der Waals surface area contributed by atoms with E-state index >= 15 is 0 Å². The summed E-state index contributed by atoms with van der Waals surface area (Å²) in [6.07, 6.45) is 4.30. The Hall–Kier alpha value is -2.50. The molecule has 0 saturated heterocycles. The Morgan fingerprint density at radius 3 is 2.59 bits per heavy atom. The molecule has 0 aliphatic heterocycles. The lowest BCUT2D eigenvalue weighted by molar-refractivity contribution is -0.384. The number of ketones is 1. The van der Waals surface area contributed by atoms with Crippen molar-refractivity contribution in [3.8, 4) is 0 Å². The first-order valence-corrected chi connectivity index (χ1v) is 4.80. The van der Waals surface area contributed by atoms with Gasteiger partial charge in [-0.1, -0.05) is 0 Å². The summed E-state index contributed by atoms with van der Waals surface area (Å²) in [5.41, 5.74) is 3.32. The molecule has 17 heavy (non-hydrogen) atoms. The van der Waals surface area contributed by atoms with Crippen LogP contribution in [0.4, 0.5) is 11.4 Å². The van der Waals surface area contributed by atoms with E-state index in [0.717, 1.165) is 0 Å². The summed E-state index contributed by atoms with van der Waals surface area (Å²) < 4.78 is 0. The summed E-state index contributed by atoms with van der Waals surface area (Å²) in [7, 11) is 0. The summed E-state index contributed by atoms with van der Waals surface area (Å²) in [6, 6.07) is 5.85. The minimum Gasteiger partial charge on any atom is -0.295 e. The number of allylic oxidation sites excluding steroid dienone is 2. The molecule has 88 valence electrons. The lowest BCUT2D eigenvalue weighted by Gasteiger charge is -1.97. The Kier molecular flexibility index (Phi) is 4.56. The van der Waals surface area contributed by atoms with Gasteiger partial charge in [-0.25, -0.2) is 0 Å². The van der Waals surface area contributed by atoms with Gasteiger partial charge in [0.1, 0.15) is 0 Å². The number of nitro groups is 1. The number of carbonyl (C=O) groups is 1. The van der Waals surface area contributed by atoms with Gasteiger partial charge < -0.3 is 0 Å². The van der Waals surface area contributed by atoms with Crippen LogP contribution in [0.2, 0.25) is 0 Å². The van der Waals surface area contributed by atoms with E-state index < -0.39 is 4.92 Å². The first-order chi connectivity index (χ1) is 8.09. The molecule has 1 rings (SSSR count). The third-order valence-corrected chi connectivity index (χ3v) is 1.76. The van der Waals surface area contributed by atoms with E-state index in [1.807, 2.05) is 0 Å².